The van der Waals surface area contributed by atoms with E-state index < -0.39 is 34.3 Å². The fraction of sp³-hybridized carbons (Fsp3) is 0.333. The highest BCUT2D eigenvalue weighted by Gasteiger charge is 2.57. The predicted octanol–water partition coefficient (Wildman–Crippen LogP) is 6.07. The number of thiocarbonyl (C=S) groups is 1. The van der Waals surface area contributed by atoms with E-state index in [1.807, 2.05) is 24.3 Å². The Bertz CT molecular complexity index is 1240. The molecule has 1 N–H and O–H groups in total. The monoisotopic (exact) mass is 485 g/mol. The van der Waals surface area contributed by atoms with Gasteiger partial charge < -0.3 is 4.90 Å². The summed E-state index contributed by atoms with van der Waals surface area (Å²) in [5.74, 6) is -1.71. The minimum atomic E-state index is -5.08. The minimum absolute atomic E-state index is 0.0127. The Labute approximate surface area is 199 Å². The number of nitrogens with one attached hydrogen (secondary N) is 1. The summed E-state index contributed by atoms with van der Waals surface area (Å²) in [5.41, 5.74) is -2.17. The molecule has 0 radical (unpaired) electrons. The highest BCUT2D eigenvalue weighted by Crippen LogP contribution is 2.49. The minimum Gasteiger partial charge on any atom is -0.305 e. The number of amidine groups is 1. The van der Waals surface area contributed by atoms with E-state index in [-0.39, 0.29) is 10.9 Å². The maximum Gasteiger partial charge on any atom is 0.420 e. The van der Waals surface area contributed by atoms with Crippen molar-refractivity contribution in [2.75, 3.05) is 9.80 Å². The number of hydrogen-bond donors (Lipinski definition) is 1. The lowest BCUT2D eigenvalue weighted by atomic mass is 9.75. The van der Waals surface area contributed by atoms with Crippen LogP contribution in [0.2, 0.25) is 0 Å². The summed E-state index contributed by atoms with van der Waals surface area (Å²) in [6.45, 7) is 0. The molecule has 34 heavy (non-hydrogen) atoms. The molecule has 0 atom stereocenters. The van der Waals surface area contributed by atoms with E-state index in [0.717, 1.165) is 41.9 Å². The van der Waals surface area contributed by atoms with Crippen molar-refractivity contribution >= 4 is 34.5 Å². The van der Waals surface area contributed by atoms with Crippen molar-refractivity contribution in [3.63, 3.8) is 0 Å². The predicted molar refractivity (Wildman–Crippen MR) is 123 cm³/mol. The molecular formula is C24H19F4N5S. The molecule has 0 amide bonds. The van der Waals surface area contributed by atoms with E-state index in [9.17, 15) is 13.2 Å². The van der Waals surface area contributed by atoms with Crippen molar-refractivity contribution in [3.8, 4) is 12.1 Å². The zero-order chi connectivity index (χ0) is 24.7. The maximum absolute atomic E-state index is 15.2. The number of aryl methyl sites for hydroxylation is 1. The molecule has 174 valence electrons. The van der Waals surface area contributed by atoms with Crippen LogP contribution in [0, 0.1) is 33.9 Å². The van der Waals surface area contributed by atoms with Crippen molar-refractivity contribution in [1.82, 2.24) is 0 Å². The van der Waals surface area contributed by atoms with E-state index in [2.05, 4.69) is 6.07 Å². The van der Waals surface area contributed by atoms with Gasteiger partial charge in [-0.05, 0) is 74.2 Å². The van der Waals surface area contributed by atoms with E-state index in [0.29, 0.717) is 24.9 Å². The Balaban J connectivity index is 1.75. The molecule has 1 saturated heterocycles. The molecule has 2 aliphatic rings. The zero-order valence-electron chi connectivity index (χ0n) is 17.9. The number of anilines is 2. The summed E-state index contributed by atoms with van der Waals surface area (Å²) >= 11 is 5.59. The second-order valence-corrected chi connectivity index (χ2v) is 8.66. The third-order valence-corrected chi connectivity index (χ3v) is 6.74. The topological polar surface area (TPSA) is 77.9 Å². The summed E-state index contributed by atoms with van der Waals surface area (Å²) < 4.78 is 55.9. The molecule has 4 rings (SSSR count). The fourth-order valence-corrected chi connectivity index (χ4v) is 5.01. The number of nitriles is 2. The van der Waals surface area contributed by atoms with Gasteiger partial charge >= 0.3 is 6.18 Å². The van der Waals surface area contributed by atoms with Gasteiger partial charge in [0, 0.05) is 12.1 Å². The summed E-state index contributed by atoms with van der Waals surface area (Å²) in [6, 6.07) is 12.9. The molecule has 0 unspecified atom stereocenters. The average Bonchev–Trinajstić information content (AvgIpc) is 3.00. The number of rotatable bonds is 5. The van der Waals surface area contributed by atoms with Crippen molar-refractivity contribution in [2.45, 2.75) is 50.2 Å². The Hall–Kier alpha value is -3.50. The van der Waals surface area contributed by atoms with Crippen molar-refractivity contribution in [1.29, 1.82) is 15.9 Å². The number of unbranched alkanes of at least 4 members (excludes halogenated alkanes) is 1. The summed E-state index contributed by atoms with van der Waals surface area (Å²) in [7, 11) is 0. The van der Waals surface area contributed by atoms with Gasteiger partial charge in [-0.3, -0.25) is 10.3 Å². The summed E-state index contributed by atoms with van der Waals surface area (Å²) in [6.07, 6.45) is -1.28. The lowest BCUT2D eigenvalue weighted by Crippen LogP contribution is -2.55. The Kier molecular flexibility index (Phi) is 6.05. The zero-order valence-corrected chi connectivity index (χ0v) is 18.7. The number of benzene rings is 2. The highest BCUT2D eigenvalue weighted by molar-refractivity contribution is 7.81. The Morgan fingerprint density at radius 1 is 1.09 bits per heavy atom. The average molecular weight is 486 g/mol. The van der Waals surface area contributed by atoms with Gasteiger partial charge in [0.1, 0.15) is 16.9 Å². The van der Waals surface area contributed by atoms with Crippen LogP contribution in [0.5, 0.6) is 0 Å². The molecule has 0 aromatic heterocycles. The van der Waals surface area contributed by atoms with Crippen LogP contribution >= 0.6 is 12.2 Å². The first kappa shape index (κ1) is 23.7. The second kappa shape index (κ2) is 8.69. The molecule has 1 saturated carbocycles. The highest BCUT2D eigenvalue weighted by atomic mass is 32.1. The van der Waals surface area contributed by atoms with Crippen LogP contribution in [-0.2, 0) is 12.6 Å². The van der Waals surface area contributed by atoms with Crippen molar-refractivity contribution in [3.05, 3.63) is 58.9 Å². The quantitative estimate of drug-likeness (QED) is 0.316. The molecule has 0 bridgehead atoms. The molecule has 1 spiro atoms. The molecule has 2 fully saturated rings. The van der Waals surface area contributed by atoms with Gasteiger partial charge in [-0.25, -0.2) is 4.39 Å². The number of nitrogens with zero attached hydrogens (tertiary/aromatic N) is 4. The van der Waals surface area contributed by atoms with Crippen LogP contribution in [0.4, 0.5) is 28.9 Å². The van der Waals surface area contributed by atoms with Crippen LogP contribution in [0.15, 0.2) is 36.4 Å². The van der Waals surface area contributed by atoms with Crippen molar-refractivity contribution < 1.29 is 17.6 Å². The Morgan fingerprint density at radius 2 is 1.76 bits per heavy atom. The van der Waals surface area contributed by atoms with Gasteiger partial charge in [0.15, 0.2) is 10.9 Å². The molecule has 10 heteroatoms. The molecule has 2 aromatic carbocycles. The van der Waals surface area contributed by atoms with Crippen LogP contribution in [0.1, 0.15) is 48.8 Å². The first-order valence-electron chi connectivity index (χ1n) is 10.6. The van der Waals surface area contributed by atoms with Gasteiger partial charge in [-0.1, -0.05) is 12.1 Å². The summed E-state index contributed by atoms with van der Waals surface area (Å²) in [4.78, 5) is 2.76. The third-order valence-electron chi connectivity index (χ3n) is 6.37. The van der Waals surface area contributed by atoms with E-state index >= 15 is 4.39 Å². The smallest absolute Gasteiger partial charge is 0.305 e. The normalized spacial score (nSPS) is 17.0. The van der Waals surface area contributed by atoms with Gasteiger partial charge in [0.2, 0.25) is 0 Å². The van der Waals surface area contributed by atoms with Gasteiger partial charge in [0.05, 0.1) is 23.4 Å². The standard InChI is InChI=1S/C24H19F4N5S/c25-20-18(10-7-16(14-30)19(20)24(26,27)28)32-21(31)23(11-3-12-23)33(22(32)34)17-8-5-15(6-9-17)4-1-2-13-29/h5-10,31H,1-4,11-12H2. The lowest BCUT2D eigenvalue weighted by molar-refractivity contribution is -0.140. The Morgan fingerprint density at radius 3 is 2.29 bits per heavy atom. The van der Waals surface area contributed by atoms with E-state index in [1.165, 1.54) is 6.07 Å². The van der Waals surface area contributed by atoms with Gasteiger partial charge in [-0.2, -0.15) is 23.7 Å². The largest absolute Gasteiger partial charge is 0.420 e. The van der Waals surface area contributed by atoms with Crippen LogP contribution < -0.4 is 9.80 Å². The molecule has 2 aromatic rings. The molecule has 5 nitrogen and oxygen atoms in total. The number of alkyl halides is 3. The number of hydrogen-bond acceptors (Lipinski definition) is 4. The second-order valence-electron chi connectivity index (χ2n) is 8.30. The molecule has 1 heterocycles. The molecular weight excluding hydrogens is 466 g/mol. The van der Waals surface area contributed by atoms with Gasteiger partial charge in [-0.15, -0.1) is 0 Å². The molecule has 1 aliphatic carbocycles. The fourth-order valence-electron chi connectivity index (χ4n) is 4.54. The maximum atomic E-state index is 15.2. The van der Waals surface area contributed by atoms with Crippen molar-refractivity contribution in [2.24, 2.45) is 0 Å². The first-order chi connectivity index (χ1) is 16.2. The third kappa shape index (κ3) is 3.68. The summed E-state index contributed by atoms with van der Waals surface area (Å²) in [5, 5.41) is 26.6. The van der Waals surface area contributed by atoms with Gasteiger partial charge in [0.25, 0.3) is 0 Å². The SMILES string of the molecule is N#CCCCc1ccc(N2C(=S)N(c3ccc(C#N)c(C(F)(F)F)c3F)C(=N)C23CCC3)cc1. The van der Waals surface area contributed by atoms with Crippen LogP contribution in [0.25, 0.3) is 0 Å². The number of halogens is 4. The van der Waals surface area contributed by atoms with Crippen LogP contribution in [-0.4, -0.2) is 16.5 Å². The lowest BCUT2D eigenvalue weighted by Gasteiger charge is -2.44. The molecule has 1 aliphatic heterocycles. The first-order valence-corrected chi connectivity index (χ1v) is 11.1. The van der Waals surface area contributed by atoms with E-state index in [1.54, 1.807) is 4.90 Å². The van der Waals surface area contributed by atoms with E-state index in [4.69, 9.17) is 28.2 Å². The van der Waals surface area contributed by atoms with Crippen LogP contribution in [0.3, 0.4) is 0 Å².